The molecule has 3 rings (SSSR count). The topological polar surface area (TPSA) is 75.1 Å². The number of halogens is 1. The Morgan fingerprint density at radius 1 is 1.35 bits per heavy atom. The number of hydrogen-bond acceptors (Lipinski definition) is 3. The molecule has 0 fully saturated rings. The maximum atomic E-state index is 12.0. The van der Waals surface area contributed by atoms with Crippen LogP contribution in [0, 0.1) is 0 Å². The molecule has 1 aromatic carbocycles. The summed E-state index contributed by atoms with van der Waals surface area (Å²) in [6, 6.07) is 8.17. The fourth-order valence-corrected chi connectivity index (χ4v) is 3.11. The van der Waals surface area contributed by atoms with Gasteiger partial charge in [-0.25, -0.2) is 9.59 Å². The van der Waals surface area contributed by atoms with Crippen molar-refractivity contribution in [3.8, 4) is 0 Å². The Balaban J connectivity index is 2.13. The van der Waals surface area contributed by atoms with Gasteiger partial charge >= 0.3 is 11.7 Å². The van der Waals surface area contributed by atoms with E-state index in [1.54, 1.807) is 12.1 Å². The van der Waals surface area contributed by atoms with Crippen LogP contribution in [0.15, 0.2) is 35.1 Å². The van der Waals surface area contributed by atoms with E-state index < -0.39 is 5.97 Å². The number of imidazole rings is 1. The average Bonchev–Trinajstić information content (AvgIpc) is 2.94. The maximum absolute atomic E-state index is 12.0. The van der Waals surface area contributed by atoms with Gasteiger partial charge in [0.15, 0.2) is 0 Å². The third-order valence-electron chi connectivity index (χ3n) is 2.97. The molecular weight excluding hydrogens is 300 g/mol. The highest BCUT2D eigenvalue weighted by Gasteiger charge is 2.11. The molecule has 0 unspecified atom stereocenters. The quantitative estimate of drug-likeness (QED) is 0.781. The van der Waals surface area contributed by atoms with Gasteiger partial charge in [-0.1, -0.05) is 11.6 Å². The number of rotatable bonds is 3. The van der Waals surface area contributed by atoms with Gasteiger partial charge in [0.2, 0.25) is 0 Å². The summed E-state index contributed by atoms with van der Waals surface area (Å²) in [6.45, 7) is 0.360. The first-order valence-electron chi connectivity index (χ1n) is 5.74. The molecule has 0 aliphatic rings. The number of nitrogens with one attached hydrogen (secondary N) is 1. The Labute approximate surface area is 122 Å². The second-order valence-electron chi connectivity index (χ2n) is 4.26. The van der Waals surface area contributed by atoms with Gasteiger partial charge in [-0.05, 0) is 30.3 Å². The largest absolute Gasteiger partial charge is 0.478 e. The molecule has 20 heavy (non-hydrogen) atoms. The van der Waals surface area contributed by atoms with E-state index in [4.69, 9.17) is 16.7 Å². The van der Waals surface area contributed by atoms with E-state index in [0.717, 1.165) is 4.88 Å². The van der Waals surface area contributed by atoms with Crippen molar-refractivity contribution in [2.45, 2.75) is 6.54 Å². The third-order valence-corrected chi connectivity index (χ3v) is 4.18. The van der Waals surface area contributed by atoms with Crippen LogP contribution in [0.2, 0.25) is 4.34 Å². The minimum Gasteiger partial charge on any atom is -0.478 e. The number of aromatic carboxylic acids is 1. The van der Waals surface area contributed by atoms with Crippen molar-refractivity contribution in [3.05, 3.63) is 55.6 Å². The normalized spacial score (nSPS) is 11.1. The fourth-order valence-electron chi connectivity index (χ4n) is 2.04. The molecule has 5 nitrogen and oxygen atoms in total. The summed E-state index contributed by atoms with van der Waals surface area (Å²) in [5.74, 6) is -1.02. The molecule has 0 saturated carbocycles. The molecule has 3 aromatic rings. The molecule has 102 valence electrons. The molecule has 0 aliphatic carbocycles. The monoisotopic (exact) mass is 308 g/mol. The van der Waals surface area contributed by atoms with Crippen LogP contribution in [-0.4, -0.2) is 20.6 Å². The van der Waals surface area contributed by atoms with Crippen LogP contribution in [-0.2, 0) is 6.54 Å². The van der Waals surface area contributed by atoms with E-state index in [0.29, 0.717) is 21.9 Å². The summed E-state index contributed by atoms with van der Waals surface area (Å²) in [4.78, 5) is 26.6. The molecule has 0 amide bonds. The standard InChI is InChI=1S/C13H9ClN2O3S/c14-11-4-2-8(20-11)6-16-10-5-7(12(17)18)1-3-9(10)15-13(16)19/h1-5H,6H2,(H,15,19)(H,17,18). The van der Waals surface area contributed by atoms with Crippen molar-refractivity contribution in [1.82, 2.24) is 9.55 Å². The summed E-state index contributed by atoms with van der Waals surface area (Å²) in [5, 5.41) is 9.02. The second kappa shape index (κ2) is 4.81. The smallest absolute Gasteiger partial charge is 0.335 e. The molecule has 0 atom stereocenters. The molecule has 2 N–H and O–H groups in total. The second-order valence-corrected chi connectivity index (χ2v) is 6.06. The third kappa shape index (κ3) is 2.23. The molecule has 0 radical (unpaired) electrons. The van der Waals surface area contributed by atoms with E-state index in [2.05, 4.69) is 4.98 Å². The summed E-state index contributed by atoms with van der Waals surface area (Å²) < 4.78 is 2.16. The molecule has 2 aromatic heterocycles. The van der Waals surface area contributed by atoms with Gasteiger partial charge in [-0.3, -0.25) is 4.57 Å². The number of carboxylic acid groups (broad SMARTS) is 1. The van der Waals surface area contributed by atoms with Crippen LogP contribution in [0.25, 0.3) is 11.0 Å². The van der Waals surface area contributed by atoms with Crippen LogP contribution >= 0.6 is 22.9 Å². The van der Waals surface area contributed by atoms with Crippen molar-refractivity contribution in [1.29, 1.82) is 0 Å². The highest BCUT2D eigenvalue weighted by Crippen LogP contribution is 2.23. The SMILES string of the molecule is O=C(O)c1ccc2[nH]c(=O)n(Cc3ccc(Cl)s3)c2c1. The Hall–Kier alpha value is -2.05. The zero-order valence-electron chi connectivity index (χ0n) is 10.1. The van der Waals surface area contributed by atoms with Crippen molar-refractivity contribution < 1.29 is 9.90 Å². The van der Waals surface area contributed by atoms with Crippen LogP contribution < -0.4 is 5.69 Å². The number of aromatic amines is 1. The van der Waals surface area contributed by atoms with Gasteiger partial charge in [-0.2, -0.15) is 0 Å². The number of carbonyl (C=O) groups is 1. The highest BCUT2D eigenvalue weighted by atomic mass is 35.5. The van der Waals surface area contributed by atoms with E-state index in [1.165, 1.54) is 28.0 Å². The van der Waals surface area contributed by atoms with Gasteiger partial charge in [0.25, 0.3) is 0 Å². The minimum atomic E-state index is -1.02. The lowest BCUT2D eigenvalue weighted by atomic mass is 10.2. The molecule has 0 bridgehead atoms. The van der Waals surface area contributed by atoms with E-state index >= 15 is 0 Å². The van der Waals surface area contributed by atoms with Crippen molar-refractivity contribution in [3.63, 3.8) is 0 Å². The zero-order chi connectivity index (χ0) is 14.3. The number of hydrogen-bond donors (Lipinski definition) is 2. The summed E-state index contributed by atoms with van der Waals surface area (Å²) >= 11 is 7.26. The van der Waals surface area contributed by atoms with Gasteiger partial charge in [0, 0.05) is 4.88 Å². The molecule has 0 saturated heterocycles. The zero-order valence-corrected chi connectivity index (χ0v) is 11.7. The predicted octanol–water partition coefficient (Wildman–Crippen LogP) is 2.79. The molecule has 7 heteroatoms. The maximum Gasteiger partial charge on any atom is 0.335 e. The Bertz CT molecular complexity index is 862. The van der Waals surface area contributed by atoms with Gasteiger partial charge in [0.05, 0.1) is 27.5 Å². The van der Waals surface area contributed by atoms with E-state index in [1.807, 2.05) is 6.07 Å². The van der Waals surface area contributed by atoms with Gasteiger partial charge in [-0.15, -0.1) is 11.3 Å². The first kappa shape index (κ1) is 13.0. The van der Waals surface area contributed by atoms with Crippen LogP contribution in [0.1, 0.15) is 15.2 Å². The van der Waals surface area contributed by atoms with Crippen molar-refractivity contribution in [2.75, 3.05) is 0 Å². The lowest BCUT2D eigenvalue weighted by Crippen LogP contribution is -2.16. The van der Waals surface area contributed by atoms with E-state index in [-0.39, 0.29) is 11.3 Å². The molecule has 0 spiro atoms. The van der Waals surface area contributed by atoms with Gasteiger partial charge in [0.1, 0.15) is 0 Å². The number of thiophene rings is 1. The van der Waals surface area contributed by atoms with Crippen LogP contribution in [0.3, 0.4) is 0 Å². The highest BCUT2D eigenvalue weighted by molar-refractivity contribution is 7.16. The minimum absolute atomic E-state index is 0.148. The number of carboxylic acids is 1. The molecule has 0 aliphatic heterocycles. The van der Waals surface area contributed by atoms with E-state index in [9.17, 15) is 9.59 Å². The first-order valence-corrected chi connectivity index (χ1v) is 6.94. The van der Waals surface area contributed by atoms with Crippen molar-refractivity contribution >= 4 is 39.9 Å². The number of H-pyrrole nitrogens is 1. The summed E-state index contributed by atoms with van der Waals surface area (Å²) in [7, 11) is 0. The number of aromatic nitrogens is 2. The number of nitrogens with zero attached hydrogens (tertiary/aromatic N) is 1. The number of benzene rings is 1. The lowest BCUT2D eigenvalue weighted by molar-refractivity contribution is 0.0697. The van der Waals surface area contributed by atoms with Gasteiger partial charge < -0.3 is 10.1 Å². The Kier molecular flexibility index (Phi) is 3.11. The Morgan fingerprint density at radius 2 is 2.15 bits per heavy atom. The summed E-state index contributed by atoms with van der Waals surface area (Å²) in [6.07, 6.45) is 0. The summed E-state index contributed by atoms with van der Waals surface area (Å²) in [5.41, 5.74) is 1.06. The molecular formula is C13H9ClN2O3S. The van der Waals surface area contributed by atoms with Crippen LogP contribution in [0.4, 0.5) is 0 Å². The average molecular weight is 309 g/mol. The lowest BCUT2D eigenvalue weighted by Gasteiger charge is -2.02. The predicted molar refractivity (Wildman–Crippen MR) is 77.9 cm³/mol. The molecule has 2 heterocycles. The number of fused-ring (bicyclic) bond motifs is 1. The fraction of sp³-hybridized carbons (Fsp3) is 0.0769. The first-order chi connectivity index (χ1) is 9.54. The van der Waals surface area contributed by atoms with Crippen molar-refractivity contribution in [2.24, 2.45) is 0 Å². The Morgan fingerprint density at radius 3 is 2.80 bits per heavy atom. The van der Waals surface area contributed by atoms with Crippen LogP contribution in [0.5, 0.6) is 0 Å².